The molecule has 1 amide bonds. The van der Waals surface area contributed by atoms with Crippen LogP contribution in [0.4, 0.5) is 18.9 Å². The molecule has 176 valence electrons. The van der Waals surface area contributed by atoms with Gasteiger partial charge in [-0.3, -0.25) is 9.20 Å². The number of halogens is 4. The van der Waals surface area contributed by atoms with Crippen molar-refractivity contribution in [2.45, 2.75) is 43.9 Å². The predicted octanol–water partition coefficient (Wildman–Crippen LogP) is 5.10. The molecule has 2 N–H and O–H groups in total. The van der Waals surface area contributed by atoms with E-state index in [1.807, 2.05) is 0 Å². The number of carbonyl (C=O) groups excluding carboxylic acids is 1. The molecule has 1 aliphatic rings. The Morgan fingerprint density at radius 3 is 2.62 bits per heavy atom. The van der Waals surface area contributed by atoms with E-state index in [0.717, 1.165) is 6.07 Å². The molecule has 1 aromatic carbocycles. The van der Waals surface area contributed by atoms with E-state index >= 15 is 0 Å². The molecule has 7 nitrogen and oxygen atoms in total. The summed E-state index contributed by atoms with van der Waals surface area (Å²) in [5.41, 5.74) is 0.0344. The summed E-state index contributed by atoms with van der Waals surface area (Å²) in [6.45, 7) is 0. The monoisotopic (exact) mass is 488 g/mol. The summed E-state index contributed by atoms with van der Waals surface area (Å²) in [5, 5.41) is 7.25. The topological polar surface area (TPSA) is 84.2 Å². The molecule has 3 heterocycles. The van der Waals surface area contributed by atoms with Gasteiger partial charge >= 0.3 is 6.18 Å². The van der Waals surface area contributed by atoms with Crippen LogP contribution in [-0.2, 0) is 6.18 Å². The molecule has 0 atom stereocenters. The number of amides is 1. The number of hydrogen-bond donors (Lipinski definition) is 2. The van der Waals surface area contributed by atoms with Gasteiger partial charge in [-0.1, -0.05) is 11.6 Å². The van der Waals surface area contributed by atoms with Crippen LogP contribution in [0, 0.1) is 0 Å². The predicted molar refractivity (Wildman–Crippen MR) is 122 cm³/mol. The van der Waals surface area contributed by atoms with Gasteiger partial charge in [-0.25, -0.2) is 15.0 Å². The van der Waals surface area contributed by atoms with Crippen molar-refractivity contribution in [3.05, 3.63) is 65.3 Å². The van der Waals surface area contributed by atoms with Crippen molar-refractivity contribution in [2.75, 3.05) is 5.32 Å². The number of aromatic nitrogens is 4. The number of imidazole rings is 1. The van der Waals surface area contributed by atoms with Crippen LogP contribution in [0.15, 0.2) is 48.9 Å². The maximum absolute atomic E-state index is 13.4. The van der Waals surface area contributed by atoms with Crippen molar-refractivity contribution < 1.29 is 18.0 Å². The Kier molecular flexibility index (Phi) is 5.76. The Morgan fingerprint density at radius 1 is 1.09 bits per heavy atom. The molecule has 0 bridgehead atoms. The van der Waals surface area contributed by atoms with E-state index in [4.69, 9.17) is 11.6 Å². The van der Waals surface area contributed by atoms with Gasteiger partial charge in [-0.15, -0.1) is 0 Å². The summed E-state index contributed by atoms with van der Waals surface area (Å²) in [5.74, 6) is 0.213. The molecule has 1 aliphatic carbocycles. The molecule has 5 rings (SSSR count). The van der Waals surface area contributed by atoms with Crippen LogP contribution in [0.5, 0.6) is 0 Å². The summed E-state index contributed by atoms with van der Waals surface area (Å²) >= 11 is 6.08. The van der Waals surface area contributed by atoms with Crippen LogP contribution >= 0.6 is 11.6 Å². The van der Waals surface area contributed by atoms with Crippen molar-refractivity contribution in [3.8, 4) is 0 Å². The lowest BCUT2D eigenvalue weighted by Gasteiger charge is -2.30. The fourth-order valence-corrected chi connectivity index (χ4v) is 4.49. The van der Waals surface area contributed by atoms with Crippen LogP contribution < -0.4 is 10.6 Å². The summed E-state index contributed by atoms with van der Waals surface area (Å²) in [6.07, 6.45) is 3.02. The Bertz CT molecular complexity index is 1360. The average molecular weight is 489 g/mol. The maximum atomic E-state index is 13.4. The van der Waals surface area contributed by atoms with E-state index in [1.165, 1.54) is 18.3 Å². The van der Waals surface area contributed by atoms with Gasteiger partial charge in [-0.05, 0) is 56.0 Å². The van der Waals surface area contributed by atoms with Crippen molar-refractivity contribution in [3.63, 3.8) is 0 Å². The SMILES string of the molecule is O=C(N[C@H]1CC[C@@H](Nc2cc(C(F)(F)F)nc3ccc(Cl)cc23)CC1)c1cnc2ncccn12. The minimum absolute atomic E-state index is 0.0397. The van der Waals surface area contributed by atoms with E-state index < -0.39 is 11.9 Å². The molecule has 1 fully saturated rings. The van der Waals surface area contributed by atoms with Crippen LogP contribution in [-0.4, -0.2) is 37.3 Å². The molecule has 0 saturated heterocycles. The van der Waals surface area contributed by atoms with Crippen molar-refractivity contribution >= 4 is 39.9 Å². The Morgan fingerprint density at radius 2 is 1.85 bits per heavy atom. The largest absolute Gasteiger partial charge is 0.433 e. The number of alkyl halides is 3. The third-order valence-electron chi connectivity index (χ3n) is 6.00. The van der Waals surface area contributed by atoms with Gasteiger partial charge in [0.2, 0.25) is 5.78 Å². The summed E-state index contributed by atoms with van der Waals surface area (Å²) in [4.78, 5) is 24.7. The highest BCUT2D eigenvalue weighted by molar-refractivity contribution is 6.31. The molecule has 0 radical (unpaired) electrons. The molecule has 0 spiro atoms. The number of anilines is 1. The molecule has 11 heteroatoms. The van der Waals surface area contributed by atoms with Crippen molar-refractivity contribution in [2.24, 2.45) is 0 Å². The fourth-order valence-electron chi connectivity index (χ4n) is 4.32. The first-order valence-corrected chi connectivity index (χ1v) is 11.2. The highest BCUT2D eigenvalue weighted by Crippen LogP contribution is 2.35. The van der Waals surface area contributed by atoms with Crippen LogP contribution in [0.2, 0.25) is 5.02 Å². The lowest BCUT2D eigenvalue weighted by Crippen LogP contribution is -2.40. The number of nitrogens with one attached hydrogen (secondary N) is 2. The molecular formula is C23H20ClF3N6O. The Balaban J connectivity index is 1.27. The number of benzene rings is 1. The smallest absolute Gasteiger partial charge is 0.382 e. The molecule has 3 aromatic heterocycles. The highest BCUT2D eigenvalue weighted by atomic mass is 35.5. The first kappa shape index (κ1) is 22.4. The van der Waals surface area contributed by atoms with E-state index in [2.05, 4.69) is 25.6 Å². The van der Waals surface area contributed by atoms with Crippen molar-refractivity contribution in [1.29, 1.82) is 0 Å². The van der Waals surface area contributed by atoms with Crippen molar-refractivity contribution in [1.82, 2.24) is 24.7 Å². The minimum atomic E-state index is -4.56. The quantitative estimate of drug-likeness (QED) is 0.417. The second-order valence-corrected chi connectivity index (χ2v) is 8.75. The number of fused-ring (bicyclic) bond motifs is 2. The summed E-state index contributed by atoms with van der Waals surface area (Å²) in [6, 6.07) is 7.30. The Hall–Kier alpha value is -3.40. The molecule has 0 aliphatic heterocycles. The van der Waals surface area contributed by atoms with Crippen LogP contribution in [0.3, 0.4) is 0 Å². The minimum Gasteiger partial charge on any atom is -0.382 e. The fraction of sp³-hybridized carbons (Fsp3) is 0.304. The number of nitrogens with zero attached hydrogens (tertiary/aromatic N) is 4. The average Bonchev–Trinajstić information content (AvgIpc) is 3.24. The number of carbonyl (C=O) groups is 1. The van der Waals surface area contributed by atoms with Crippen LogP contribution in [0.1, 0.15) is 41.9 Å². The zero-order valence-corrected chi connectivity index (χ0v) is 18.6. The number of rotatable bonds is 4. The van der Waals surface area contributed by atoms with Gasteiger partial charge in [0.05, 0.1) is 11.7 Å². The first-order chi connectivity index (χ1) is 16.3. The standard InChI is InChI=1S/C23H20ClF3N6O/c24-13-2-7-17-16(10-13)18(11-20(32-17)23(25,26)27)30-14-3-5-15(6-4-14)31-21(34)19-12-29-22-28-8-1-9-33(19)22/h1-2,7-12,14-15H,3-6H2,(H,30,32)(H,31,34)/t14-,15+. The van der Waals surface area contributed by atoms with Gasteiger partial charge < -0.3 is 10.6 Å². The van der Waals surface area contributed by atoms with E-state index in [1.54, 1.807) is 28.9 Å². The molecule has 4 aromatic rings. The molecular weight excluding hydrogens is 469 g/mol. The normalized spacial score (nSPS) is 18.8. The summed E-state index contributed by atoms with van der Waals surface area (Å²) < 4.78 is 41.7. The van der Waals surface area contributed by atoms with Gasteiger partial charge in [-0.2, -0.15) is 13.2 Å². The lowest BCUT2D eigenvalue weighted by molar-refractivity contribution is -0.140. The Labute approximate surface area is 197 Å². The second kappa shape index (κ2) is 8.75. The van der Waals surface area contributed by atoms with Gasteiger partial charge in [0.1, 0.15) is 11.4 Å². The summed E-state index contributed by atoms with van der Waals surface area (Å²) in [7, 11) is 0. The third kappa shape index (κ3) is 4.50. The van der Waals surface area contributed by atoms with E-state index in [0.29, 0.717) is 53.3 Å². The number of hydrogen-bond acceptors (Lipinski definition) is 5. The highest BCUT2D eigenvalue weighted by Gasteiger charge is 2.34. The zero-order chi connectivity index (χ0) is 23.9. The van der Waals surface area contributed by atoms with E-state index in [-0.39, 0.29) is 23.5 Å². The lowest BCUT2D eigenvalue weighted by atomic mass is 9.90. The molecule has 1 saturated carbocycles. The first-order valence-electron chi connectivity index (χ1n) is 10.8. The zero-order valence-electron chi connectivity index (χ0n) is 17.8. The third-order valence-corrected chi connectivity index (χ3v) is 6.24. The van der Waals surface area contributed by atoms with E-state index in [9.17, 15) is 18.0 Å². The molecule has 0 unspecified atom stereocenters. The van der Waals surface area contributed by atoms with Gasteiger partial charge in [0.25, 0.3) is 5.91 Å². The second-order valence-electron chi connectivity index (χ2n) is 8.31. The number of pyridine rings is 1. The maximum Gasteiger partial charge on any atom is 0.433 e. The van der Waals surface area contributed by atoms with Gasteiger partial charge in [0.15, 0.2) is 0 Å². The van der Waals surface area contributed by atoms with Gasteiger partial charge in [0, 0.05) is 40.6 Å². The van der Waals surface area contributed by atoms with Crippen LogP contribution in [0.25, 0.3) is 16.7 Å². The molecule has 34 heavy (non-hydrogen) atoms.